The van der Waals surface area contributed by atoms with Crippen LogP contribution in [0, 0.1) is 19.8 Å². The fraction of sp³-hybridized carbons (Fsp3) is 0.588. The first-order valence-electron chi connectivity index (χ1n) is 7.58. The van der Waals surface area contributed by atoms with Gasteiger partial charge >= 0.3 is 5.97 Å². The van der Waals surface area contributed by atoms with Gasteiger partial charge in [0.1, 0.15) is 0 Å². The van der Waals surface area contributed by atoms with E-state index in [1.54, 1.807) is 0 Å². The number of rotatable bonds is 5. The third-order valence-corrected chi connectivity index (χ3v) is 4.38. The number of aryl methyl sites for hydroxylation is 2. The van der Waals surface area contributed by atoms with Crippen molar-refractivity contribution in [2.45, 2.75) is 39.8 Å². The lowest BCUT2D eigenvalue weighted by atomic mass is 9.96. The lowest BCUT2D eigenvalue weighted by Gasteiger charge is -2.35. The topological polar surface area (TPSA) is 49.8 Å². The minimum absolute atomic E-state index is 0.0525. The molecule has 1 heterocycles. The molecule has 1 aliphatic heterocycles. The number of ether oxygens (including phenoxy) is 1. The summed E-state index contributed by atoms with van der Waals surface area (Å²) >= 11 is 0. The molecule has 3 unspecified atom stereocenters. The number of carbonyl (C=O) groups is 1. The van der Waals surface area contributed by atoms with E-state index >= 15 is 0 Å². The first-order chi connectivity index (χ1) is 9.93. The molecular formula is C17H25NO3. The van der Waals surface area contributed by atoms with E-state index in [1.807, 2.05) is 0 Å². The van der Waals surface area contributed by atoms with E-state index < -0.39 is 11.9 Å². The molecule has 1 saturated heterocycles. The van der Waals surface area contributed by atoms with E-state index in [2.05, 4.69) is 50.8 Å². The average molecular weight is 291 g/mol. The quantitative estimate of drug-likeness (QED) is 0.906. The van der Waals surface area contributed by atoms with Gasteiger partial charge in [-0.15, -0.1) is 0 Å². The fourth-order valence-corrected chi connectivity index (χ4v) is 3.34. The number of aliphatic carboxylic acids is 1. The van der Waals surface area contributed by atoms with Gasteiger partial charge in [-0.05, 0) is 32.9 Å². The zero-order valence-electron chi connectivity index (χ0n) is 13.3. The Kier molecular flexibility index (Phi) is 5.01. The van der Waals surface area contributed by atoms with E-state index in [0.717, 1.165) is 6.54 Å². The third kappa shape index (κ3) is 3.44. The highest BCUT2D eigenvalue weighted by molar-refractivity contribution is 5.71. The van der Waals surface area contributed by atoms with Crippen LogP contribution in [0.5, 0.6) is 0 Å². The van der Waals surface area contributed by atoms with Gasteiger partial charge in [0, 0.05) is 12.1 Å². The van der Waals surface area contributed by atoms with Crippen molar-refractivity contribution in [2.75, 3.05) is 19.8 Å². The van der Waals surface area contributed by atoms with Crippen LogP contribution < -0.4 is 0 Å². The zero-order chi connectivity index (χ0) is 15.6. The second kappa shape index (κ2) is 6.58. The Balaban J connectivity index is 2.25. The van der Waals surface area contributed by atoms with Gasteiger partial charge in [0.05, 0.1) is 19.1 Å². The predicted octanol–water partition coefficient (Wildman–Crippen LogP) is 2.79. The number of hydrogen-bond donors (Lipinski definition) is 1. The molecule has 3 atom stereocenters. The normalized spacial score (nSPS) is 23.5. The summed E-state index contributed by atoms with van der Waals surface area (Å²) in [7, 11) is 0. The highest BCUT2D eigenvalue weighted by atomic mass is 16.5. The first-order valence-corrected chi connectivity index (χ1v) is 7.58. The Morgan fingerprint density at radius 2 is 1.95 bits per heavy atom. The Morgan fingerprint density at radius 1 is 1.33 bits per heavy atom. The van der Waals surface area contributed by atoms with Crippen molar-refractivity contribution in [2.24, 2.45) is 5.92 Å². The maximum absolute atomic E-state index is 11.4. The molecule has 1 aromatic carbocycles. The van der Waals surface area contributed by atoms with Crippen molar-refractivity contribution in [1.82, 2.24) is 4.90 Å². The van der Waals surface area contributed by atoms with Gasteiger partial charge in [0.25, 0.3) is 0 Å². The monoisotopic (exact) mass is 291 g/mol. The van der Waals surface area contributed by atoms with Gasteiger partial charge in [-0.2, -0.15) is 0 Å². The molecule has 0 amide bonds. The molecule has 2 rings (SSSR count). The van der Waals surface area contributed by atoms with Crippen LogP contribution in [0.1, 0.15) is 36.6 Å². The average Bonchev–Trinajstić information content (AvgIpc) is 2.87. The van der Waals surface area contributed by atoms with E-state index in [-0.39, 0.29) is 12.1 Å². The Morgan fingerprint density at radius 3 is 2.48 bits per heavy atom. The smallest absolute Gasteiger partial charge is 0.310 e. The third-order valence-electron chi connectivity index (χ3n) is 4.38. The van der Waals surface area contributed by atoms with Crippen LogP contribution in [-0.4, -0.2) is 41.8 Å². The molecule has 0 aliphatic carbocycles. The van der Waals surface area contributed by atoms with E-state index in [4.69, 9.17) is 4.74 Å². The van der Waals surface area contributed by atoms with E-state index in [9.17, 15) is 9.90 Å². The van der Waals surface area contributed by atoms with Crippen molar-refractivity contribution >= 4 is 5.97 Å². The molecule has 0 radical (unpaired) electrons. The molecule has 4 heteroatoms. The summed E-state index contributed by atoms with van der Waals surface area (Å²) in [6.07, 6.45) is 0. The van der Waals surface area contributed by atoms with Gasteiger partial charge in [-0.3, -0.25) is 9.69 Å². The van der Waals surface area contributed by atoms with Crippen molar-refractivity contribution < 1.29 is 14.6 Å². The van der Waals surface area contributed by atoms with Crippen LogP contribution in [0.2, 0.25) is 0 Å². The second-order valence-corrected chi connectivity index (χ2v) is 5.98. The summed E-state index contributed by atoms with van der Waals surface area (Å²) in [4.78, 5) is 13.6. The van der Waals surface area contributed by atoms with Crippen LogP contribution in [0.3, 0.4) is 0 Å². The van der Waals surface area contributed by atoms with Crippen LogP contribution in [0.25, 0.3) is 0 Å². The summed E-state index contributed by atoms with van der Waals surface area (Å²) in [5.41, 5.74) is 3.72. The fourth-order valence-electron chi connectivity index (χ4n) is 3.34. The summed E-state index contributed by atoms with van der Waals surface area (Å²) in [6.45, 7) is 10.0. The lowest BCUT2D eigenvalue weighted by molar-refractivity contribution is -0.143. The van der Waals surface area contributed by atoms with Crippen molar-refractivity contribution in [3.05, 3.63) is 34.9 Å². The molecule has 1 N–H and O–H groups in total. The molecule has 4 nitrogen and oxygen atoms in total. The number of carboxylic acid groups (broad SMARTS) is 1. The summed E-state index contributed by atoms with van der Waals surface area (Å²) in [5.74, 6) is -1.19. The van der Waals surface area contributed by atoms with Gasteiger partial charge in [0.2, 0.25) is 0 Å². The molecule has 116 valence electrons. The number of carboxylic acids is 1. The van der Waals surface area contributed by atoms with E-state index in [0.29, 0.717) is 13.2 Å². The maximum atomic E-state index is 11.4. The Bertz CT molecular complexity index is 495. The summed E-state index contributed by atoms with van der Waals surface area (Å²) < 4.78 is 5.42. The SMILES string of the molecule is CCN(C(C)c1cc(C)cc(C)c1)C1COCC1C(=O)O. The Labute approximate surface area is 126 Å². The summed E-state index contributed by atoms with van der Waals surface area (Å²) in [6, 6.07) is 6.66. The number of benzene rings is 1. The van der Waals surface area contributed by atoms with Gasteiger partial charge < -0.3 is 9.84 Å². The molecule has 21 heavy (non-hydrogen) atoms. The number of hydrogen-bond acceptors (Lipinski definition) is 3. The minimum atomic E-state index is -0.761. The molecule has 0 spiro atoms. The molecule has 0 bridgehead atoms. The van der Waals surface area contributed by atoms with Gasteiger partial charge in [0.15, 0.2) is 0 Å². The molecule has 0 saturated carbocycles. The largest absolute Gasteiger partial charge is 0.481 e. The standard InChI is InChI=1S/C17H25NO3/c1-5-18(16-10-21-9-15(16)17(19)20)13(4)14-7-11(2)6-12(3)8-14/h6-8,13,15-16H,5,9-10H2,1-4H3,(H,19,20). The van der Waals surface area contributed by atoms with Crippen molar-refractivity contribution in [3.8, 4) is 0 Å². The molecule has 1 aromatic rings. The molecule has 1 aliphatic rings. The van der Waals surface area contributed by atoms with E-state index in [1.165, 1.54) is 16.7 Å². The molecule has 1 fully saturated rings. The number of likely N-dealkylation sites (N-methyl/N-ethyl adjacent to an activating group) is 1. The predicted molar refractivity (Wildman–Crippen MR) is 82.4 cm³/mol. The summed E-state index contributed by atoms with van der Waals surface area (Å²) in [5, 5.41) is 9.36. The van der Waals surface area contributed by atoms with Gasteiger partial charge in [-0.1, -0.05) is 36.2 Å². The Hall–Kier alpha value is -1.39. The maximum Gasteiger partial charge on any atom is 0.310 e. The van der Waals surface area contributed by atoms with Crippen molar-refractivity contribution in [1.29, 1.82) is 0 Å². The van der Waals surface area contributed by atoms with Crippen LogP contribution in [0.15, 0.2) is 18.2 Å². The molecular weight excluding hydrogens is 266 g/mol. The first kappa shape index (κ1) is 16.0. The second-order valence-electron chi connectivity index (χ2n) is 5.98. The van der Waals surface area contributed by atoms with Crippen molar-refractivity contribution in [3.63, 3.8) is 0 Å². The highest BCUT2D eigenvalue weighted by Crippen LogP contribution is 2.29. The van der Waals surface area contributed by atoms with Crippen LogP contribution in [-0.2, 0) is 9.53 Å². The van der Waals surface area contributed by atoms with Gasteiger partial charge in [-0.25, -0.2) is 0 Å². The minimum Gasteiger partial charge on any atom is -0.481 e. The zero-order valence-corrected chi connectivity index (χ0v) is 13.3. The molecule has 0 aromatic heterocycles. The van der Waals surface area contributed by atoms with Crippen LogP contribution in [0.4, 0.5) is 0 Å². The van der Waals surface area contributed by atoms with Crippen LogP contribution >= 0.6 is 0 Å². The number of nitrogens with zero attached hydrogens (tertiary/aromatic N) is 1. The highest BCUT2D eigenvalue weighted by Gasteiger charge is 2.39. The lowest BCUT2D eigenvalue weighted by Crippen LogP contribution is -2.44.